The molecule has 1 aliphatic heterocycles. The van der Waals surface area contributed by atoms with Crippen molar-refractivity contribution < 1.29 is 14.6 Å². The fourth-order valence-corrected chi connectivity index (χ4v) is 2.04. The van der Waals surface area contributed by atoms with Gasteiger partial charge in [-0.2, -0.15) is 0 Å². The number of halogens is 1. The molecule has 0 atom stereocenters. The fraction of sp³-hybridized carbons (Fsp3) is 0.417. The van der Waals surface area contributed by atoms with Gasteiger partial charge in [-0.3, -0.25) is 9.69 Å². The highest BCUT2D eigenvalue weighted by Crippen LogP contribution is 2.14. The van der Waals surface area contributed by atoms with E-state index in [0.717, 1.165) is 10.5 Å². The zero-order valence-corrected chi connectivity index (χ0v) is 12.6. The van der Waals surface area contributed by atoms with Gasteiger partial charge >= 0.3 is 0 Å². The van der Waals surface area contributed by atoms with Crippen molar-refractivity contribution >= 4 is 23.5 Å². The van der Waals surface area contributed by atoms with Gasteiger partial charge in [-0.15, -0.1) is 0 Å². The van der Waals surface area contributed by atoms with E-state index in [-0.39, 0.29) is 38.3 Å². The summed E-state index contributed by atoms with van der Waals surface area (Å²) in [5.74, 6) is -0.349. The number of carbonyl (C=O) groups excluding carboxylic acids is 1. The molecule has 1 aromatic heterocycles. The Morgan fingerprint density at radius 3 is 2.91 bits per heavy atom. The van der Waals surface area contributed by atoms with Gasteiger partial charge in [0.15, 0.2) is 5.03 Å². The molecule has 10 heteroatoms. The number of aromatic nitrogens is 1. The normalized spacial score (nSPS) is 16.9. The summed E-state index contributed by atoms with van der Waals surface area (Å²) < 4.78 is 5.31. The van der Waals surface area contributed by atoms with Gasteiger partial charge in [0.25, 0.3) is 5.96 Å². The molecule has 0 saturated carbocycles. The summed E-state index contributed by atoms with van der Waals surface area (Å²) in [5, 5.41) is 13.6. The number of hydrogen-bond donors (Lipinski definition) is 0. The largest absolute Gasteiger partial charge is 0.340 e. The number of pyridine rings is 1. The van der Waals surface area contributed by atoms with Gasteiger partial charge in [-0.1, -0.05) is 24.6 Å². The van der Waals surface area contributed by atoms with Crippen LogP contribution in [0.25, 0.3) is 0 Å². The molecule has 9 nitrogen and oxygen atoms in total. The third-order valence-electron chi connectivity index (χ3n) is 2.93. The molecule has 1 aromatic rings. The molecule has 1 amide bonds. The molecule has 0 spiro atoms. The molecule has 0 aliphatic carbocycles. The number of hydrazone groups is 1. The lowest BCUT2D eigenvalue weighted by molar-refractivity contribution is -0.486. The second kappa shape index (κ2) is 7.14. The molecule has 118 valence electrons. The van der Waals surface area contributed by atoms with Crippen LogP contribution >= 0.6 is 11.6 Å². The molecular weight excluding hydrogens is 314 g/mol. The van der Waals surface area contributed by atoms with Crippen LogP contribution in [0.2, 0.25) is 5.15 Å². The fourth-order valence-electron chi connectivity index (χ4n) is 1.93. The minimum absolute atomic E-state index is 0.0435. The Hall–Kier alpha value is -2.26. The van der Waals surface area contributed by atoms with E-state index in [1.807, 2.05) is 0 Å². The Labute approximate surface area is 131 Å². The highest BCUT2D eigenvalue weighted by atomic mass is 35.5. The first-order chi connectivity index (χ1) is 10.5. The zero-order chi connectivity index (χ0) is 16.1. The van der Waals surface area contributed by atoms with Crippen LogP contribution in [0.1, 0.15) is 18.9 Å². The first-order valence-corrected chi connectivity index (χ1v) is 6.85. The number of ether oxygens (including phenoxy) is 1. The van der Waals surface area contributed by atoms with Crippen LogP contribution < -0.4 is 0 Å². The summed E-state index contributed by atoms with van der Waals surface area (Å²) in [6.45, 7) is 1.94. The smallest absolute Gasteiger partial charge is 0.284 e. The van der Waals surface area contributed by atoms with Crippen LogP contribution in [0.3, 0.4) is 0 Å². The maximum Gasteiger partial charge on any atom is 0.284 e. The SMILES string of the molecule is CCC(=O)N1COCN(Cc2ccc(Cl)nc2)C1=N[N+](=O)[O-]. The van der Waals surface area contributed by atoms with Crippen molar-refractivity contribution in [1.29, 1.82) is 0 Å². The molecule has 1 saturated heterocycles. The molecule has 0 radical (unpaired) electrons. The minimum Gasteiger partial charge on any atom is -0.340 e. The Morgan fingerprint density at radius 1 is 1.55 bits per heavy atom. The predicted octanol–water partition coefficient (Wildman–Crippen LogP) is 1.27. The maximum atomic E-state index is 11.9. The molecule has 0 aromatic carbocycles. The van der Waals surface area contributed by atoms with E-state index < -0.39 is 5.03 Å². The second-order valence-corrected chi connectivity index (χ2v) is 4.85. The highest BCUT2D eigenvalue weighted by Gasteiger charge is 2.31. The van der Waals surface area contributed by atoms with E-state index in [2.05, 4.69) is 10.1 Å². The highest BCUT2D eigenvalue weighted by molar-refractivity contribution is 6.29. The summed E-state index contributed by atoms with van der Waals surface area (Å²) in [6.07, 6.45) is 1.74. The monoisotopic (exact) mass is 327 g/mol. The molecule has 0 N–H and O–H groups in total. The lowest BCUT2D eigenvalue weighted by atomic mass is 10.2. The van der Waals surface area contributed by atoms with E-state index in [1.54, 1.807) is 25.3 Å². The maximum absolute atomic E-state index is 11.9. The van der Waals surface area contributed by atoms with Crippen LogP contribution in [0, 0.1) is 10.1 Å². The quantitative estimate of drug-likeness (QED) is 0.469. The number of guanidine groups is 1. The van der Waals surface area contributed by atoms with Crippen molar-refractivity contribution in [3.8, 4) is 0 Å². The van der Waals surface area contributed by atoms with Crippen molar-refractivity contribution in [1.82, 2.24) is 14.8 Å². The number of amides is 1. The van der Waals surface area contributed by atoms with E-state index in [0.29, 0.717) is 5.15 Å². The van der Waals surface area contributed by atoms with Gasteiger partial charge in [-0.25, -0.2) is 15.1 Å². The van der Waals surface area contributed by atoms with Crippen LogP contribution in [-0.4, -0.2) is 45.1 Å². The average Bonchev–Trinajstić information content (AvgIpc) is 2.50. The van der Waals surface area contributed by atoms with Gasteiger partial charge in [0.1, 0.15) is 23.7 Å². The number of rotatable bonds is 4. The first-order valence-electron chi connectivity index (χ1n) is 6.47. The van der Waals surface area contributed by atoms with Crippen LogP contribution in [0.15, 0.2) is 23.4 Å². The standard InChI is InChI=1S/C12H14ClN5O4/c1-2-11(19)17-8-22-7-16(12(17)15-18(20)21)6-9-3-4-10(13)14-5-9/h3-5H,2,6-8H2,1H3. The van der Waals surface area contributed by atoms with Crippen molar-refractivity contribution in [3.63, 3.8) is 0 Å². The van der Waals surface area contributed by atoms with E-state index in [1.165, 1.54) is 4.90 Å². The van der Waals surface area contributed by atoms with Crippen molar-refractivity contribution in [2.24, 2.45) is 5.10 Å². The summed E-state index contributed by atoms with van der Waals surface area (Å²) in [5.41, 5.74) is 0.759. The lowest BCUT2D eigenvalue weighted by Crippen LogP contribution is -2.53. The lowest BCUT2D eigenvalue weighted by Gasteiger charge is -2.35. The first kappa shape index (κ1) is 16.1. The van der Waals surface area contributed by atoms with Gasteiger partial charge in [0.05, 0.1) is 0 Å². The average molecular weight is 328 g/mol. The van der Waals surface area contributed by atoms with Crippen LogP contribution in [0.5, 0.6) is 0 Å². The van der Waals surface area contributed by atoms with E-state index in [9.17, 15) is 14.9 Å². The number of nitro groups is 1. The third-order valence-corrected chi connectivity index (χ3v) is 3.15. The van der Waals surface area contributed by atoms with Gasteiger partial charge in [0.2, 0.25) is 5.91 Å². The zero-order valence-electron chi connectivity index (χ0n) is 11.8. The van der Waals surface area contributed by atoms with Gasteiger partial charge in [0, 0.05) is 19.2 Å². The van der Waals surface area contributed by atoms with E-state index in [4.69, 9.17) is 16.3 Å². The van der Waals surface area contributed by atoms with Crippen molar-refractivity contribution in [2.75, 3.05) is 13.5 Å². The van der Waals surface area contributed by atoms with E-state index >= 15 is 0 Å². The molecule has 1 fully saturated rings. The Bertz CT molecular complexity index is 592. The van der Waals surface area contributed by atoms with Gasteiger partial charge in [-0.05, 0) is 11.6 Å². The number of hydrogen-bond acceptors (Lipinski definition) is 5. The molecule has 2 rings (SSSR count). The second-order valence-electron chi connectivity index (χ2n) is 4.46. The number of carbonyl (C=O) groups is 1. The van der Waals surface area contributed by atoms with Gasteiger partial charge < -0.3 is 9.64 Å². The minimum atomic E-state index is -0.830. The molecule has 1 aliphatic rings. The summed E-state index contributed by atoms with van der Waals surface area (Å²) in [7, 11) is 0. The number of nitrogens with zero attached hydrogens (tertiary/aromatic N) is 5. The Morgan fingerprint density at radius 2 is 2.32 bits per heavy atom. The van der Waals surface area contributed by atoms with Crippen molar-refractivity contribution in [3.05, 3.63) is 39.2 Å². The molecule has 2 heterocycles. The summed E-state index contributed by atoms with van der Waals surface area (Å²) in [4.78, 5) is 29.2. The molecule has 0 bridgehead atoms. The van der Waals surface area contributed by atoms with Crippen LogP contribution in [-0.2, 0) is 16.1 Å². The summed E-state index contributed by atoms with van der Waals surface area (Å²) in [6, 6.07) is 3.35. The molecule has 0 unspecified atom stereocenters. The Balaban J connectivity index is 2.25. The predicted molar refractivity (Wildman–Crippen MR) is 77.2 cm³/mol. The van der Waals surface area contributed by atoms with Crippen molar-refractivity contribution in [2.45, 2.75) is 19.9 Å². The molecular formula is C12H14ClN5O4. The Kier molecular flexibility index (Phi) is 5.23. The van der Waals surface area contributed by atoms with Crippen LogP contribution in [0.4, 0.5) is 0 Å². The summed E-state index contributed by atoms with van der Waals surface area (Å²) >= 11 is 5.72. The third kappa shape index (κ3) is 3.89. The molecule has 22 heavy (non-hydrogen) atoms. The topological polar surface area (TPSA) is 101 Å².